The second-order valence-corrected chi connectivity index (χ2v) is 15.8. The zero-order chi connectivity index (χ0) is 36.5. The third-order valence-electron chi connectivity index (χ3n) is 8.58. The van der Waals surface area contributed by atoms with Crippen LogP contribution >= 0.6 is 0 Å². The van der Waals surface area contributed by atoms with Gasteiger partial charge in [0.2, 0.25) is 21.8 Å². The van der Waals surface area contributed by atoms with Gasteiger partial charge in [0.15, 0.2) is 9.84 Å². The molecule has 266 valence electrons. The van der Waals surface area contributed by atoms with Crippen molar-refractivity contribution in [2.24, 2.45) is 12.8 Å². The lowest BCUT2D eigenvalue weighted by Crippen LogP contribution is -2.31. The number of tetrazole rings is 1. The Morgan fingerprint density at radius 2 is 1.51 bits per heavy atom. The van der Waals surface area contributed by atoms with Crippen molar-refractivity contribution >= 4 is 36.8 Å². The van der Waals surface area contributed by atoms with Crippen molar-refractivity contribution in [3.8, 4) is 34.0 Å². The molecular weight excluding hydrogens is 695 g/mol. The standard InChI is InChI=1S/C34H37N9O6S2/c1-21(18-35)50(44,45)29-17-16-26(27-6-5-7-28-31(27)38-34(36)42(28)2)30(32(29)51(46,47)37-19-22-8-12-24(48-3)13-9-22)33-39-41-43(40-33)20-23-10-14-25(49-4)15-11-23/h5-17,21,37H,18-20,35H2,1-4H3,(H2,36,38). The fourth-order valence-electron chi connectivity index (χ4n) is 5.59. The van der Waals surface area contributed by atoms with Gasteiger partial charge >= 0.3 is 0 Å². The van der Waals surface area contributed by atoms with Crippen LogP contribution in [-0.2, 0) is 40.0 Å². The van der Waals surface area contributed by atoms with E-state index in [2.05, 4.69) is 25.1 Å². The molecule has 17 heteroatoms. The number of nitrogens with zero attached hydrogens (tertiary/aromatic N) is 6. The summed E-state index contributed by atoms with van der Waals surface area (Å²) in [6.45, 7) is 1.19. The average Bonchev–Trinajstić information content (AvgIpc) is 3.73. The van der Waals surface area contributed by atoms with E-state index in [4.69, 9.17) is 20.9 Å². The summed E-state index contributed by atoms with van der Waals surface area (Å²) in [4.78, 5) is 4.85. The minimum absolute atomic E-state index is 0.0831. The molecule has 2 heterocycles. The van der Waals surface area contributed by atoms with Crippen molar-refractivity contribution in [3.05, 3.63) is 90.0 Å². The molecule has 0 aliphatic carbocycles. The number of hydrogen-bond acceptors (Lipinski definition) is 12. The van der Waals surface area contributed by atoms with Crippen LogP contribution in [0.15, 0.2) is 88.7 Å². The maximum Gasteiger partial charge on any atom is 0.242 e. The van der Waals surface area contributed by atoms with Gasteiger partial charge in [0.05, 0.1) is 47.5 Å². The summed E-state index contributed by atoms with van der Waals surface area (Å²) in [6.07, 6.45) is 0. The van der Waals surface area contributed by atoms with Crippen LogP contribution in [0.25, 0.3) is 33.5 Å². The normalized spacial score (nSPS) is 12.6. The van der Waals surface area contributed by atoms with E-state index >= 15 is 0 Å². The van der Waals surface area contributed by atoms with Gasteiger partial charge in [0, 0.05) is 25.7 Å². The first-order valence-electron chi connectivity index (χ1n) is 15.7. The number of rotatable bonds is 13. The van der Waals surface area contributed by atoms with E-state index in [-0.39, 0.29) is 37.0 Å². The summed E-state index contributed by atoms with van der Waals surface area (Å²) in [5.74, 6) is 1.37. The second-order valence-electron chi connectivity index (χ2n) is 11.8. The number of sulfone groups is 1. The molecule has 0 bridgehead atoms. The first kappa shape index (κ1) is 35.5. The highest BCUT2D eigenvalue weighted by atomic mass is 32.2. The summed E-state index contributed by atoms with van der Waals surface area (Å²) in [6, 6.07) is 22.2. The van der Waals surface area contributed by atoms with Gasteiger partial charge in [-0.1, -0.05) is 42.5 Å². The fraction of sp³-hybridized carbons (Fsp3) is 0.235. The molecule has 1 atom stereocenters. The van der Waals surface area contributed by atoms with Crippen molar-refractivity contribution in [1.29, 1.82) is 0 Å². The summed E-state index contributed by atoms with van der Waals surface area (Å²) in [5.41, 5.74) is 15.3. The van der Waals surface area contributed by atoms with Crippen molar-refractivity contribution in [2.75, 3.05) is 26.5 Å². The maximum atomic E-state index is 14.6. The van der Waals surface area contributed by atoms with Gasteiger partial charge < -0.3 is 25.5 Å². The molecular formula is C34H37N9O6S2. The van der Waals surface area contributed by atoms with Crippen molar-refractivity contribution in [3.63, 3.8) is 0 Å². The highest BCUT2D eigenvalue weighted by molar-refractivity contribution is 7.94. The molecule has 6 aromatic rings. The van der Waals surface area contributed by atoms with Gasteiger partial charge in [0.25, 0.3) is 0 Å². The second kappa shape index (κ2) is 14.1. The third-order valence-corrected chi connectivity index (χ3v) is 12.4. The first-order chi connectivity index (χ1) is 24.4. The third kappa shape index (κ3) is 6.88. The number of ether oxygens (including phenoxy) is 2. The molecule has 2 aromatic heterocycles. The van der Waals surface area contributed by atoms with Crippen molar-refractivity contribution in [1.82, 2.24) is 34.5 Å². The SMILES string of the molecule is COc1ccc(CNS(=O)(=O)c2c(S(=O)(=O)C(C)CN)ccc(-c3cccc4c3nc(N)n4C)c2-c2nnn(Cc3ccc(OC)cc3)n2)cc1. The largest absolute Gasteiger partial charge is 0.497 e. The molecule has 0 aliphatic heterocycles. The van der Waals surface area contributed by atoms with E-state index in [1.807, 2.05) is 18.2 Å². The molecule has 5 N–H and O–H groups in total. The van der Waals surface area contributed by atoms with E-state index in [9.17, 15) is 16.8 Å². The number of aromatic nitrogens is 6. The van der Waals surface area contributed by atoms with Crippen LogP contribution in [0.5, 0.6) is 11.5 Å². The summed E-state index contributed by atoms with van der Waals surface area (Å²) in [7, 11) is -4.10. The number of aryl methyl sites for hydroxylation is 1. The van der Waals surface area contributed by atoms with Crippen LogP contribution < -0.4 is 25.7 Å². The van der Waals surface area contributed by atoms with E-state index < -0.39 is 34.9 Å². The number of nitrogens with one attached hydrogen (secondary N) is 1. The molecule has 0 saturated heterocycles. The Labute approximate surface area is 295 Å². The van der Waals surface area contributed by atoms with Crippen LogP contribution in [0.1, 0.15) is 18.1 Å². The summed E-state index contributed by atoms with van der Waals surface area (Å²) >= 11 is 0. The number of para-hydroxylation sites is 1. The zero-order valence-electron chi connectivity index (χ0n) is 28.3. The molecule has 4 aromatic carbocycles. The number of nitrogen functional groups attached to an aromatic ring is 1. The van der Waals surface area contributed by atoms with E-state index in [1.54, 1.807) is 67.3 Å². The Kier molecular flexibility index (Phi) is 9.81. The number of nitrogens with two attached hydrogens (primary N) is 2. The first-order valence-corrected chi connectivity index (χ1v) is 18.8. The minimum Gasteiger partial charge on any atom is -0.497 e. The topological polar surface area (TPSA) is 212 Å². The number of fused-ring (bicyclic) bond motifs is 1. The molecule has 0 fully saturated rings. The maximum absolute atomic E-state index is 14.6. The molecule has 0 spiro atoms. The summed E-state index contributed by atoms with van der Waals surface area (Å²) < 4.78 is 72.1. The van der Waals surface area contributed by atoms with Gasteiger partial charge in [-0.05, 0) is 65.2 Å². The number of benzene rings is 4. The lowest BCUT2D eigenvalue weighted by atomic mass is 9.98. The zero-order valence-corrected chi connectivity index (χ0v) is 29.9. The molecule has 6 rings (SSSR count). The monoisotopic (exact) mass is 731 g/mol. The number of hydrogen-bond donors (Lipinski definition) is 3. The smallest absolute Gasteiger partial charge is 0.242 e. The molecule has 1 unspecified atom stereocenters. The number of imidazole rings is 1. The van der Waals surface area contributed by atoms with Gasteiger partial charge in [0.1, 0.15) is 16.4 Å². The van der Waals surface area contributed by atoms with E-state index in [0.29, 0.717) is 39.2 Å². The van der Waals surface area contributed by atoms with Gasteiger partial charge in [-0.3, -0.25) is 0 Å². The summed E-state index contributed by atoms with van der Waals surface area (Å²) in [5, 5.41) is 12.0. The Morgan fingerprint density at radius 3 is 2.14 bits per heavy atom. The van der Waals surface area contributed by atoms with Gasteiger partial charge in [-0.15, -0.1) is 10.2 Å². The van der Waals surface area contributed by atoms with Crippen LogP contribution in [0, 0.1) is 0 Å². The van der Waals surface area contributed by atoms with Gasteiger partial charge in [-0.2, -0.15) is 4.80 Å². The molecule has 51 heavy (non-hydrogen) atoms. The Bertz CT molecular complexity index is 2430. The lowest BCUT2D eigenvalue weighted by Gasteiger charge is -2.20. The van der Waals surface area contributed by atoms with Crippen LogP contribution in [-0.4, -0.2) is 72.6 Å². The molecule has 0 aliphatic rings. The van der Waals surface area contributed by atoms with Crippen molar-refractivity contribution < 1.29 is 26.3 Å². The number of sulfonamides is 1. The lowest BCUT2D eigenvalue weighted by molar-refractivity contribution is 0.414. The Morgan fingerprint density at radius 1 is 0.863 bits per heavy atom. The quantitative estimate of drug-likeness (QED) is 0.156. The minimum atomic E-state index is -4.64. The molecule has 15 nitrogen and oxygen atoms in total. The predicted molar refractivity (Wildman–Crippen MR) is 192 cm³/mol. The number of anilines is 1. The predicted octanol–water partition coefficient (Wildman–Crippen LogP) is 3.14. The van der Waals surface area contributed by atoms with Crippen LogP contribution in [0.3, 0.4) is 0 Å². The Balaban J connectivity index is 1.60. The fourth-order valence-corrected chi connectivity index (χ4v) is 8.88. The van der Waals surface area contributed by atoms with Crippen LogP contribution in [0.4, 0.5) is 5.95 Å². The van der Waals surface area contributed by atoms with Crippen molar-refractivity contribution in [2.45, 2.75) is 35.1 Å². The van der Waals surface area contributed by atoms with Gasteiger partial charge in [-0.25, -0.2) is 26.5 Å². The molecule has 0 radical (unpaired) electrons. The Hall–Kier alpha value is -5.36. The molecule has 0 saturated carbocycles. The highest BCUT2D eigenvalue weighted by Gasteiger charge is 2.36. The van der Waals surface area contributed by atoms with Crippen LogP contribution in [0.2, 0.25) is 0 Å². The average molecular weight is 732 g/mol. The molecule has 0 amide bonds. The van der Waals surface area contributed by atoms with E-state index in [0.717, 1.165) is 5.56 Å². The van der Waals surface area contributed by atoms with E-state index in [1.165, 1.54) is 31.0 Å². The number of methoxy groups -OCH3 is 2. The highest BCUT2D eigenvalue weighted by Crippen LogP contribution is 2.42.